The van der Waals surface area contributed by atoms with Gasteiger partial charge in [0.1, 0.15) is 0 Å². The van der Waals surface area contributed by atoms with E-state index >= 15 is 0 Å². The first-order valence-electron chi connectivity index (χ1n) is 8.84. The Hall–Kier alpha value is 1.81. The van der Waals surface area contributed by atoms with Crippen LogP contribution in [-0.4, -0.2) is 43.3 Å². The van der Waals surface area contributed by atoms with Gasteiger partial charge in [0.2, 0.25) is 0 Å². The Labute approximate surface area is 149 Å². The molecule has 0 saturated heterocycles. The maximum atomic E-state index is 7.09. The van der Waals surface area contributed by atoms with E-state index < -0.39 is 37.8 Å². The summed E-state index contributed by atoms with van der Waals surface area (Å²) in [6.45, 7) is 9.14. The molecule has 0 saturated carbocycles. The Kier molecular flexibility index (Phi) is 19.9. The second kappa shape index (κ2) is 16.7. The average Bonchev–Trinajstić information content (AvgIpc) is 2.46. The van der Waals surface area contributed by atoms with E-state index in [-0.39, 0.29) is 5.48 Å². The minimum Gasteiger partial charge on any atom is -0.412 e. The summed E-state index contributed by atoms with van der Waals surface area (Å²) in [5.41, 5.74) is 0. The van der Waals surface area contributed by atoms with Crippen molar-refractivity contribution in [3.63, 3.8) is 0 Å². The summed E-state index contributed by atoms with van der Waals surface area (Å²) in [5.74, 6) is 0. The molecule has 0 aliphatic rings. The first-order chi connectivity index (χ1) is 9.61. The SMILES string of the molecule is CCC[CH2][Sn]([CH2]CCC)[O][Sn]([Cl])([CH2]CCC)[CH2]CCC.O. The first kappa shape index (κ1) is 25.1. The molecule has 129 valence electrons. The third kappa shape index (κ3) is 13.9. The molecule has 0 amide bonds. The van der Waals surface area contributed by atoms with Gasteiger partial charge in [-0.3, -0.25) is 0 Å². The van der Waals surface area contributed by atoms with Crippen LogP contribution in [0.4, 0.5) is 0 Å². The third-order valence-electron chi connectivity index (χ3n) is 3.75. The van der Waals surface area contributed by atoms with Crippen LogP contribution in [-0.2, 0) is 1.41 Å². The van der Waals surface area contributed by atoms with E-state index in [0.29, 0.717) is 0 Å². The number of hydrogen-bond acceptors (Lipinski definition) is 1. The standard InChI is InChI=1S/4C4H9.ClH.H2O.O.2Sn/c4*1-3-4-2;;;;;/h4*1,3-4H2,2H3;1H;1H2;;;/q;;;;;;;;+1/p-1. The number of unbranched alkanes of at least 4 members (excludes halogenated alkanes) is 4. The quantitative estimate of drug-likeness (QED) is 0.250. The predicted octanol–water partition coefficient (Wildman–Crippen LogP) is 6.05. The Balaban J connectivity index is 0. The largest absolute Gasteiger partial charge is 0.412 e. The zero-order valence-corrected chi connectivity index (χ0v) is 21.2. The van der Waals surface area contributed by atoms with Gasteiger partial charge in [-0.25, -0.2) is 0 Å². The van der Waals surface area contributed by atoms with E-state index in [0.717, 1.165) is 0 Å². The molecule has 0 aliphatic carbocycles. The summed E-state index contributed by atoms with van der Waals surface area (Å²) >= 11 is -4.33. The molecule has 2 nitrogen and oxygen atoms in total. The van der Waals surface area contributed by atoms with E-state index in [1.807, 2.05) is 0 Å². The molecule has 0 bridgehead atoms. The Morgan fingerprint density at radius 2 is 1.14 bits per heavy atom. The Bertz CT molecular complexity index is 202. The third-order valence-corrected chi connectivity index (χ3v) is 35.6. The van der Waals surface area contributed by atoms with Gasteiger partial charge in [-0.15, -0.1) is 0 Å². The molecule has 0 unspecified atom stereocenters. The van der Waals surface area contributed by atoms with Crippen molar-refractivity contribution < 1.29 is 6.89 Å². The summed E-state index contributed by atoms with van der Waals surface area (Å²) in [5, 5.41) is 0. The molecule has 0 aromatic carbocycles. The minimum absolute atomic E-state index is 0. The fourth-order valence-corrected chi connectivity index (χ4v) is 40.1. The summed E-state index contributed by atoms with van der Waals surface area (Å²) in [6.07, 6.45) is 10.5. The maximum absolute atomic E-state index is 7.09. The smallest absolute Gasteiger partial charge is 0.412 e. The Morgan fingerprint density at radius 1 is 0.762 bits per heavy atom. The van der Waals surface area contributed by atoms with Crippen molar-refractivity contribution in [3.05, 3.63) is 0 Å². The van der Waals surface area contributed by atoms with Gasteiger partial charge >= 0.3 is 145 Å². The van der Waals surface area contributed by atoms with Gasteiger partial charge in [-0.2, -0.15) is 0 Å². The normalized spacial score (nSPS) is 11.7. The number of halogens is 1. The molecule has 1 radical (unpaired) electrons. The van der Waals surface area contributed by atoms with Gasteiger partial charge in [0.05, 0.1) is 0 Å². The van der Waals surface area contributed by atoms with Crippen molar-refractivity contribution in [1.29, 1.82) is 0 Å². The summed E-state index contributed by atoms with van der Waals surface area (Å²) < 4.78 is 12.2. The fraction of sp³-hybridized carbons (Fsp3) is 1.00. The number of rotatable bonds is 14. The molecule has 0 heterocycles. The zero-order chi connectivity index (χ0) is 15.3. The molecule has 0 aromatic heterocycles. The van der Waals surface area contributed by atoms with Crippen LogP contribution in [0.2, 0.25) is 17.7 Å². The Morgan fingerprint density at radius 3 is 1.48 bits per heavy atom. The van der Waals surface area contributed by atoms with E-state index in [9.17, 15) is 0 Å². The average molecular weight is 535 g/mol. The minimum atomic E-state index is -2.70. The zero-order valence-electron chi connectivity index (χ0n) is 14.8. The van der Waals surface area contributed by atoms with Crippen molar-refractivity contribution in [2.45, 2.75) is 96.8 Å². The van der Waals surface area contributed by atoms with E-state index in [4.69, 9.17) is 10.3 Å². The summed E-state index contributed by atoms with van der Waals surface area (Å²) in [7, 11) is 7.09. The molecule has 0 rings (SSSR count). The van der Waals surface area contributed by atoms with Crippen LogP contribution in [0.15, 0.2) is 0 Å². The fourth-order valence-electron chi connectivity index (χ4n) is 2.34. The van der Waals surface area contributed by atoms with Crippen LogP contribution in [0.5, 0.6) is 0 Å². The van der Waals surface area contributed by atoms with Gasteiger partial charge in [-0.05, 0) is 0 Å². The molecule has 0 atom stereocenters. The predicted molar refractivity (Wildman–Crippen MR) is 101 cm³/mol. The summed E-state index contributed by atoms with van der Waals surface area (Å²) in [4.78, 5) is 0. The van der Waals surface area contributed by atoms with Crippen LogP contribution in [0.25, 0.3) is 0 Å². The van der Waals surface area contributed by atoms with Crippen molar-refractivity contribution in [3.8, 4) is 0 Å². The molecule has 0 aliphatic heterocycles. The van der Waals surface area contributed by atoms with E-state index in [1.54, 1.807) is 0 Å². The van der Waals surface area contributed by atoms with Crippen LogP contribution in [0.3, 0.4) is 0 Å². The second-order valence-corrected chi connectivity index (χ2v) is 28.9. The van der Waals surface area contributed by atoms with Crippen molar-refractivity contribution >= 4 is 46.8 Å². The van der Waals surface area contributed by atoms with Crippen molar-refractivity contribution in [2.24, 2.45) is 0 Å². The van der Waals surface area contributed by atoms with Crippen LogP contribution < -0.4 is 0 Å². The van der Waals surface area contributed by atoms with Gasteiger partial charge in [0.25, 0.3) is 0 Å². The van der Waals surface area contributed by atoms with Gasteiger partial charge in [0.15, 0.2) is 0 Å². The van der Waals surface area contributed by atoms with Crippen molar-refractivity contribution in [2.75, 3.05) is 0 Å². The van der Waals surface area contributed by atoms with Gasteiger partial charge in [-0.1, -0.05) is 0 Å². The van der Waals surface area contributed by atoms with E-state index in [1.165, 1.54) is 69.1 Å². The molecular weight excluding hydrogens is 497 g/mol. The van der Waals surface area contributed by atoms with Crippen LogP contribution >= 0.6 is 8.92 Å². The van der Waals surface area contributed by atoms with Crippen molar-refractivity contribution in [1.82, 2.24) is 0 Å². The second-order valence-electron chi connectivity index (χ2n) is 5.94. The summed E-state index contributed by atoms with van der Waals surface area (Å²) in [6, 6.07) is 0. The molecule has 21 heavy (non-hydrogen) atoms. The molecule has 2 N–H and O–H groups in total. The van der Waals surface area contributed by atoms with Gasteiger partial charge in [0, 0.05) is 0 Å². The molecular formula is C16H38ClO2Sn2. The molecule has 5 heteroatoms. The molecule has 0 fully saturated rings. The molecule has 0 spiro atoms. The van der Waals surface area contributed by atoms with Crippen LogP contribution in [0.1, 0.15) is 79.1 Å². The molecule has 0 aromatic rings. The first-order valence-corrected chi connectivity index (χ1v) is 22.9. The topological polar surface area (TPSA) is 40.7 Å². The van der Waals surface area contributed by atoms with E-state index in [2.05, 4.69) is 27.7 Å². The van der Waals surface area contributed by atoms with Gasteiger partial charge < -0.3 is 5.48 Å². The van der Waals surface area contributed by atoms with Crippen LogP contribution in [0, 0.1) is 0 Å². The number of hydrogen-bond donors (Lipinski definition) is 0. The monoisotopic (exact) mass is 537 g/mol. The maximum Gasteiger partial charge on any atom is -0.412 e.